The molecule has 2 heteroatoms. The molecule has 1 aliphatic carbocycles. The van der Waals surface area contributed by atoms with Gasteiger partial charge >= 0.3 is 0 Å². The topological polar surface area (TPSA) is 21.3 Å². The molecule has 1 rings (SSSR count). The Balaban J connectivity index is 2.48. The molecular formula is C17H35NO. The number of rotatable bonds is 5. The molecule has 0 aromatic rings. The van der Waals surface area contributed by atoms with Crippen molar-refractivity contribution in [3.05, 3.63) is 0 Å². The molecule has 0 aliphatic heterocycles. The van der Waals surface area contributed by atoms with Gasteiger partial charge in [0.2, 0.25) is 0 Å². The minimum absolute atomic E-state index is 0.444. The number of ether oxygens (including phenoxy) is 1. The van der Waals surface area contributed by atoms with Crippen LogP contribution in [0, 0.1) is 0 Å². The summed E-state index contributed by atoms with van der Waals surface area (Å²) in [4.78, 5) is 0. The fraction of sp³-hybridized carbons (Fsp3) is 1.00. The average molecular weight is 269 g/mol. The molecule has 0 radical (unpaired) electrons. The largest absolute Gasteiger partial charge is 0.377 e. The first-order valence-corrected chi connectivity index (χ1v) is 8.73. The van der Waals surface area contributed by atoms with Crippen molar-refractivity contribution < 1.29 is 4.74 Å². The summed E-state index contributed by atoms with van der Waals surface area (Å²) in [6.07, 6.45) is 15.4. The summed E-state index contributed by atoms with van der Waals surface area (Å²) in [5, 5.41) is 3.67. The highest BCUT2D eigenvalue weighted by Gasteiger charge is 2.20. The lowest BCUT2D eigenvalue weighted by molar-refractivity contribution is 0.0168. The van der Waals surface area contributed by atoms with Gasteiger partial charge in [-0.05, 0) is 25.8 Å². The molecule has 1 saturated carbocycles. The second-order valence-electron chi connectivity index (χ2n) is 5.98. The van der Waals surface area contributed by atoms with Crippen LogP contribution in [0.5, 0.6) is 0 Å². The zero-order valence-corrected chi connectivity index (χ0v) is 13.3. The fourth-order valence-corrected chi connectivity index (χ4v) is 3.12. The zero-order chi connectivity index (χ0) is 13.8. The lowest BCUT2D eigenvalue weighted by Crippen LogP contribution is -2.41. The van der Waals surface area contributed by atoms with E-state index in [9.17, 15) is 0 Å². The van der Waals surface area contributed by atoms with Gasteiger partial charge in [0.05, 0.1) is 6.10 Å². The van der Waals surface area contributed by atoms with Crippen molar-refractivity contribution >= 4 is 0 Å². The van der Waals surface area contributed by atoms with Gasteiger partial charge in [0.1, 0.15) is 0 Å². The molecule has 0 amide bonds. The first-order valence-electron chi connectivity index (χ1n) is 8.73. The van der Waals surface area contributed by atoms with E-state index in [1.54, 1.807) is 0 Å². The predicted octanol–water partition coefficient (Wildman–Crippen LogP) is 4.67. The van der Waals surface area contributed by atoms with Gasteiger partial charge in [-0.15, -0.1) is 0 Å². The molecule has 0 saturated heterocycles. The van der Waals surface area contributed by atoms with Crippen molar-refractivity contribution in [1.82, 2.24) is 5.32 Å². The molecule has 2 nitrogen and oxygen atoms in total. The van der Waals surface area contributed by atoms with Crippen LogP contribution in [0.3, 0.4) is 0 Å². The third-order valence-electron chi connectivity index (χ3n) is 4.20. The average Bonchev–Trinajstić information content (AvgIpc) is 2.41. The van der Waals surface area contributed by atoms with Crippen LogP contribution in [-0.2, 0) is 4.74 Å². The Morgan fingerprint density at radius 3 is 2.00 bits per heavy atom. The summed E-state index contributed by atoms with van der Waals surface area (Å²) in [7, 11) is 0. The third kappa shape index (κ3) is 7.94. The lowest BCUT2D eigenvalue weighted by atomic mass is 9.95. The maximum absolute atomic E-state index is 6.14. The standard InChI is InChI=1S/C17H35NO/c1-3-15-19-17-14-12-10-8-6-5-7-9-11-13-16(17)18-4-2/h16-18H,3-15H2,1-2H3. The minimum atomic E-state index is 0.444. The number of likely N-dealkylation sites (N-methyl/N-ethyl adjacent to an activating group) is 1. The van der Waals surface area contributed by atoms with Gasteiger partial charge < -0.3 is 10.1 Å². The molecule has 1 aliphatic rings. The van der Waals surface area contributed by atoms with Crippen LogP contribution in [-0.4, -0.2) is 25.3 Å². The van der Waals surface area contributed by atoms with E-state index in [0.29, 0.717) is 12.1 Å². The Hall–Kier alpha value is -0.0800. The van der Waals surface area contributed by atoms with Gasteiger partial charge in [-0.1, -0.05) is 65.2 Å². The van der Waals surface area contributed by atoms with Gasteiger partial charge in [0.25, 0.3) is 0 Å². The molecule has 0 aromatic carbocycles. The van der Waals surface area contributed by atoms with Crippen molar-refractivity contribution in [1.29, 1.82) is 0 Å². The molecule has 19 heavy (non-hydrogen) atoms. The third-order valence-corrected chi connectivity index (χ3v) is 4.20. The van der Waals surface area contributed by atoms with E-state index in [1.807, 2.05) is 0 Å². The van der Waals surface area contributed by atoms with Gasteiger partial charge in [0.15, 0.2) is 0 Å². The van der Waals surface area contributed by atoms with E-state index < -0.39 is 0 Å². The Labute approximate surface area is 120 Å². The van der Waals surface area contributed by atoms with Crippen LogP contribution in [0.4, 0.5) is 0 Å². The van der Waals surface area contributed by atoms with Gasteiger partial charge in [-0.3, -0.25) is 0 Å². The minimum Gasteiger partial charge on any atom is -0.377 e. The number of hydrogen-bond donors (Lipinski definition) is 1. The van der Waals surface area contributed by atoms with Crippen molar-refractivity contribution in [3.8, 4) is 0 Å². The highest BCUT2D eigenvalue weighted by Crippen LogP contribution is 2.19. The maximum atomic E-state index is 6.14. The number of nitrogens with one attached hydrogen (secondary N) is 1. The summed E-state index contributed by atoms with van der Waals surface area (Å²) in [6, 6.07) is 0.580. The Morgan fingerprint density at radius 1 is 0.842 bits per heavy atom. The summed E-state index contributed by atoms with van der Waals surface area (Å²) < 4.78 is 6.14. The van der Waals surface area contributed by atoms with Crippen LogP contribution in [0.1, 0.15) is 84.5 Å². The molecule has 2 atom stereocenters. The summed E-state index contributed by atoms with van der Waals surface area (Å²) >= 11 is 0. The normalized spacial score (nSPS) is 27.5. The van der Waals surface area contributed by atoms with Crippen molar-refractivity contribution in [2.75, 3.05) is 13.2 Å². The Kier molecular flexibility index (Phi) is 10.5. The second-order valence-corrected chi connectivity index (χ2v) is 5.98. The summed E-state index contributed by atoms with van der Waals surface area (Å²) in [5.41, 5.74) is 0. The molecule has 1 fully saturated rings. The van der Waals surface area contributed by atoms with Crippen LogP contribution in [0.25, 0.3) is 0 Å². The molecular weight excluding hydrogens is 234 g/mol. The SMILES string of the molecule is CCCOC1CCCCCCCCCCC1NCC. The molecule has 0 bridgehead atoms. The molecule has 114 valence electrons. The van der Waals surface area contributed by atoms with E-state index in [4.69, 9.17) is 4.74 Å². The van der Waals surface area contributed by atoms with E-state index >= 15 is 0 Å². The first kappa shape index (κ1) is 17.0. The van der Waals surface area contributed by atoms with Crippen molar-refractivity contribution in [2.24, 2.45) is 0 Å². The van der Waals surface area contributed by atoms with Crippen LogP contribution >= 0.6 is 0 Å². The van der Waals surface area contributed by atoms with Gasteiger partial charge in [-0.2, -0.15) is 0 Å². The maximum Gasteiger partial charge on any atom is 0.0728 e. The van der Waals surface area contributed by atoms with E-state index in [1.165, 1.54) is 64.2 Å². The molecule has 0 aromatic heterocycles. The van der Waals surface area contributed by atoms with Gasteiger partial charge in [-0.25, -0.2) is 0 Å². The van der Waals surface area contributed by atoms with E-state index in [0.717, 1.165) is 19.6 Å². The van der Waals surface area contributed by atoms with Crippen molar-refractivity contribution in [2.45, 2.75) is 96.6 Å². The van der Waals surface area contributed by atoms with Crippen molar-refractivity contribution in [3.63, 3.8) is 0 Å². The molecule has 2 unspecified atom stereocenters. The van der Waals surface area contributed by atoms with Crippen LogP contribution in [0.15, 0.2) is 0 Å². The Morgan fingerprint density at radius 2 is 1.42 bits per heavy atom. The van der Waals surface area contributed by atoms with Crippen LogP contribution in [0.2, 0.25) is 0 Å². The highest BCUT2D eigenvalue weighted by atomic mass is 16.5. The molecule has 0 heterocycles. The van der Waals surface area contributed by atoms with Crippen LogP contribution < -0.4 is 5.32 Å². The molecule has 1 N–H and O–H groups in total. The zero-order valence-electron chi connectivity index (χ0n) is 13.3. The predicted molar refractivity (Wildman–Crippen MR) is 83.7 cm³/mol. The Bertz CT molecular complexity index is 196. The summed E-state index contributed by atoms with van der Waals surface area (Å²) in [5.74, 6) is 0. The molecule has 0 spiro atoms. The van der Waals surface area contributed by atoms with E-state index in [2.05, 4.69) is 19.2 Å². The fourth-order valence-electron chi connectivity index (χ4n) is 3.12. The van der Waals surface area contributed by atoms with Gasteiger partial charge in [0, 0.05) is 12.6 Å². The first-order chi connectivity index (χ1) is 9.38. The smallest absolute Gasteiger partial charge is 0.0728 e. The quantitative estimate of drug-likeness (QED) is 0.783. The summed E-state index contributed by atoms with van der Waals surface area (Å²) in [6.45, 7) is 6.41. The highest BCUT2D eigenvalue weighted by molar-refractivity contribution is 4.77. The second kappa shape index (κ2) is 11.7. The van der Waals surface area contributed by atoms with E-state index in [-0.39, 0.29) is 0 Å². The monoisotopic (exact) mass is 269 g/mol. The lowest BCUT2D eigenvalue weighted by Gasteiger charge is -2.28. The number of hydrogen-bond acceptors (Lipinski definition) is 2.